The second-order valence-electron chi connectivity index (χ2n) is 4.80. The first-order valence-corrected chi connectivity index (χ1v) is 9.24. The fourth-order valence-electron chi connectivity index (χ4n) is 1.73. The second-order valence-corrected chi connectivity index (χ2v) is 8.01. The minimum atomic E-state index is -3.51. The molecule has 0 saturated carbocycles. The topological polar surface area (TPSA) is 125 Å². The van der Waals surface area contributed by atoms with Gasteiger partial charge in [-0.15, -0.1) is 5.10 Å². The van der Waals surface area contributed by atoms with Gasteiger partial charge in [0.2, 0.25) is 5.91 Å². The molecule has 0 spiro atoms. The van der Waals surface area contributed by atoms with Crippen LogP contribution in [0.25, 0.3) is 0 Å². The number of aliphatic carboxylic acids is 1. The van der Waals surface area contributed by atoms with E-state index < -0.39 is 32.8 Å². The summed E-state index contributed by atoms with van der Waals surface area (Å²) in [6.45, 7) is 0. The predicted molar refractivity (Wildman–Crippen MR) is 86.3 cm³/mol. The summed E-state index contributed by atoms with van der Waals surface area (Å²) in [4.78, 5) is 21.9. The molecule has 2 rings (SSSR count). The van der Waals surface area contributed by atoms with Crippen molar-refractivity contribution in [2.45, 2.75) is 16.6 Å². The Morgan fingerprint density at radius 3 is 2.79 bits per heavy atom. The SMILES string of the molecule is CS(=O)(=O)c1ccc(C=NN=C2NC(=O)C(CC(=O)O)S2)c(F)c1. The van der Waals surface area contributed by atoms with Gasteiger partial charge in [-0.05, 0) is 18.2 Å². The summed E-state index contributed by atoms with van der Waals surface area (Å²) in [6.07, 6.45) is 1.68. The molecule has 1 atom stereocenters. The summed E-state index contributed by atoms with van der Waals surface area (Å²) in [7, 11) is -3.51. The first-order chi connectivity index (χ1) is 11.2. The number of amidine groups is 1. The van der Waals surface area contributed by atoms with Gasteiger partial charge in [-0.1, -0.05) is 11.8 Å². The van der Waals surface area contributed by atoms with Crippen molar-refractivity contribution in [2.24, 2.45) is 10.2 Å². The summed E-state index contributed by atoms with van der Waals surface area (Å²) in [6, 6.07) is 3.35. The number of hydrogen-bond acceptors (Lipinski definition) is 7. The minimum absolute atomic E-state index is 0.0168. The number of halogens is 1. The molecule has 1 saturated heterocycles. The normalized spacial score (nSPS) is 19.8. The lowest BCUT2D eigenvalue weighted by molar-refractivity contribution is -0.138. The van der Waals surface area contributed by atoms with Crippen LogP contribution in [0.1, 0.15) is 12.0 Å². The van der Waals surface area contributed by atoms with Crippen molar-refractivity contribution in [1.82, 2.24) is 5.32 Å². The Balaban J connectivity index is 2.09. The number of carbonyl (C=O) groups is 2. The average molecular weight is 373 g/mol. The van der Waals surface area contributed by atoms with Gasteiger partial charge in [0.15, 0.2) is 15.0 Å². The van der Waals surface area contributed by atoms with Gasteiger partial charge in [-0.2, -0.15) is 5.10 Å². The van der Waals surface area contributed by atoms with Gasteiger partial charge >= 0.3 is 5.97 Å². The zero-order valence-corrected chi connectivity index (χ0v) is 13.9. The molecule has 1 unspecified atom stereocenters. The molecule has 0 aliphatic carbocycles. The van der Waals surface area contributed by atoms with Crippen LogP contribution in [0.4, 0.5) is 4.39 Å². The van der Waals surface area contributed by atoms with Gasteiger partial charge in [-0.3, -0.25) is 9.59 Å². The number of nitrogens with zero attached hydrogens (tertiary/aromatic N) is 2. The van der Waals surface area contributed by atoms with Gasteiger partial charge in [0, 0.05) is 11.8 Å². The van der Waals surface area contributed by atoms with Crippen LogP contribution in [0.3, 0.4) is 0 Å². The molecule has 1 aromatic carbocycles. The van der Waals surface area contributed by atoms with Crippen molar-refractivity contribution in [3.8, 4) is 0 Å². The number of carboxylic acid groups (broad SMARTS) is 1. The van der Waals surface area contributed by atoms with E-state index in [0.717, 1.165) is 30.3 Å². The Morgan fingerprint density at radius 1 is 1.50 bits per heavy atom. The molecule has 2 N–H and O–H groups in total. The third-order valence-electron chi connectivity index (χ3n) is 2.88. The highest BCUT2D eigenvalue weighted by Crippen LogP contribution is 2.22. The van der Waals surface area contributed by atoms with Gasteiger partial charge in [0.1, 0.15) is 11.1 Å². The summed E-state index contributed by atoms with van der Waals surface area (Å²) >= 11 is 0.914. The Hall–Kier alpha value is -2.27. The number of benzene rings is 1. The fraction of sp³-hybridized carbons (Fsp3) is 0.231. The van der Waals surface area contributed by atoms with Crippen LogP contribution in [0.15, 0.2) is 33.3 Å². The molecule has 1 aliphatic heterocycles. The first-order valence-electron chi connectivity index (χ1n) is 6.47. The van der Waals surface area contributed by atoms with Crippen LogP contribution < -0.4 is 5.32 Å². The van der Waals surface area contributed by atoms with Crippen molar-refractivity contribution >= 4 is 44.9 Å². The van der Waals surface area contributed by atoms with Crippen LogP contribution in [0, 0.1) is 5.82 Å². The maximum Gasteiger partial charge on any atom is 0.305 e. The summed E-state index contributed by atoms with van der Waals surface area (Å²) in [5.41, 5.74) is 0.0168. The number of sulfone groups is 1. The van der Waals surface area contributed by atoms with Gasteiger partial charge in [0.05, 0.1) is 17.5 Å². The van der Waals surface area contributed by atoms with Crippen LogP contribution >= 0.6 is 11.8 Å². The van der Waals surface area contributed by atoms with Crippen molar-refractivity contribution in [2.75, 3.05) is 6.26 Å². The number of hydrogen-bond donors (Lipinski definition) is 2. The van der Waals surface area contributed by atoms with Crippen molar-refractivity contribution < 1.29 is 27.5 Å². The molecule has 1 aliphatic rings. The van der Waals surface area contributed by atoms with Crippen molar-refractivity contribution in [1.29, 1.82) is 0 Å². The number of rotatable bonds is 5. The average Bonchev–Trinajstić information content (AvgIpc) is 2.79. The first kappa shape index (κ1) is 18.1. The van der Waals surface area contributed by atoms with Gasteiger partial charge in [0.25, 0.3) is 0 Å². The monoisotopic (exact) mass is 373 g/mol. The van der Waals surface area contributed by atoms with E-state index >= 15 is 0 Å². The number of carboxylic acids is 1. The molecule has 1 amide bonds. The molecule has 0 aromatic heterocycles. The van der Waals surface area contributed by atoms with E-state index in [2.05, 4.69) is 15.5 Å². The molecular weight excluding hydrogens is 361 g/mol. The van der Waals surface area contributed by atoms with E-state index in [9.17, 15) is 22.4 Å². The maximum atomic E-state index is 13.8. The molecule has 128 valence electrons. The smallest absolute Gasteiger partial charge is 0.305 e. The Labute approximate surface area is 140 Å². The lowest BCUT2D eigenvalue weighted by Gasteiger charge is -2.00. The fourth-order valence-corrected chi connectivity index (χ4v) is 3.28. The Bertz CT molecular complexity index is 851. The lowest BCUT2D eigenvalue weighted by Crippen LogP contribution is -2.26. The molecule has 1 aromatic rings. The van der Waals surface area contributed by atoms with Crippen LogP contribution in [0.5, 0.6) is 0 Å². The third kappa shape index (κ3) is 4.61. The standard InChI is InChI=1S/C13H12FN3O5S2/c1-24(21,22)8-3-2-7(9(14)4-8)6-15-17-13-16-12(20)10(23-13)5-11(18)19/h2-4,6,10H,5H2,1H3,(H,18,19)(H,16,17,20). The van der Waals surface area contributed by atoms with Crippen molar-refractivity contribution in [3.63, 3.8) is 0 Å². The zero-order valence-electron chi connectivity index (χ0n) is 12.3. The van der Waals surface area contributed by atoms with E-state index in [1.54, 1.807) is 0 Å². The molecule has 0 bridgehead atoms. The van der Waals surface area contributed by atoms with Crippen LogP contribution in [-0.2, 0) is 19.4 Å². The predicted octanol–water partition coefficient (Wildman–Crippen LogP) is 0.625. The number of amides is 1. The molecule has 24 heavy (non-hydrogen) atoms. The molecule has 1 heterocycles. The van der Waals surface area contributed by atoms with Gasteiger partial charge < -0.3 is 10.4 Å². The zero-order chi connectivity index (χ0) is 17.9. The molecular formula is C13H12FN3O5S2. The molecule has 11 heteroatoms. The number of nitrogens with one attached hydrogen (secondary N) is 1. The lowest BCUT2D eigenvalue weighted by atomic mass is 10.2. The van der Waals surface area contributed by atoms with E-state index in [1.807, 2.05) is 0 Å². The third-order valence-corrected chi connectivity index (χ3v) is 5.06. The van der Waals surface area contributed by atoms with Crippen LogP contribution in [-0.4, -0.2) is 48.3 Å². The van der Waals surface area contributed by atoms with E-state index in [-0.39, 0.29) is 22.0 Å². The second kappa shape index (κ2) is 7.09. The maximum absolute atomic E-state index is 13.8. The van der Waals surface area contributed by atoms with E-state index in [4.69, 9.17) is 5.11 Å². The highest BCUT2D eigenvalue weighted by molar-refractivity contribution is 8.15. The Kier molecular flexibility index (Phi) is 5.34. The molecule has 1 fully saturated rings. The highest BCUT2D eigenvalue weighted by atomic mass is 32.2. The highest BCUT2D eigenvalue weighted by Gasteiger charge is 2.32. The van der Waals surface area contributed by atoms with E-state index in [1.165, 1.54) is 12.1 Å². The number of thioether (sulfide) groups is 1. The van der Waals surface area contributed by atoms with Crippen molar-refractivity contribution in [3.05, 3.63) is 29.6 Å². The van der Waals surface area contributed by atoms with E-state index in [0.29, 0.717) is 0 Å². The Morgan fingerprint density at radius 2 is 2.21 bits per heavy atom. The number of carbonyl (C=O) groups excluding carboxylic acids is 1. The van der Waals surface area contributed by atoms with Gasteiger partial charge in [-0.25, -0.2) is 12.8 Å². The summed E-state index contributed by atoms with van der Waals surface area (Å²) in [5, 5.41) is 17.6. The molecule has 0 radical (unpaired) electrons. The largest absolute Gasteiger partial charge is 0.481 e. The quantitative estimate of drug-likeness (QED) is 0.576. The summed E-state index contributed by atoms with van der Waals surface area (Å²) < 4.78 is 36.4. The summed E-state index contributed by atoms with van der Waals surface area (Å²) in [5.74, 6) is -2.38. The minimum Gasteiger partial charge on any atom is -0.481 e. The molecule has 8 nitrogen and oxygen atoms in total. The van der Waals surface area contributed by atoms with Crippen LogP contribution in [0.2, 0.25) is 0 Å².